The van der Waals surface area contributed by atoms with E-state index in [1.807, 2.05) is 18.2 Å². The van der Waals surface area contributed by atoms with Gasteiger partial charge in [-0.3, -0.25) is 15.1 Å². The molecule has 0 unspecified atom stereocenters. The van der Waals surface area contributed by atoms with Crippen LogP contribution in [0.15, 0.2) is 42.7 Å². The number of nitro benzene ring substituents is 1. The first-order valence-electron chi connectivity index (χ1n) is 5.22. The predicted octanol–water partition coefficient (Wildman–Crippen LogP) is 2.87. The van der Waals surface area contributed by atoms with Crippen LogP contribution < -0.4 is 0 Å². The van der Waals surface area contributed by atoms with Crippen molar-refractivity contribution in [3.63, 3.8) is 0 Å². The van der Waals surface area contributed by atoms with Crippen molar-refractivity contribution >= 4 is 17.8 Å². The lowest BCUT2D eigenvalue weighted by molar-refractivity contribution is -0.385. The first-order chi connectivity index (χ1) is 8.66. The van der Waals surface area contributed by atoms with E-state index in [9.17, 15) is 15.2 Å². The van der Waals surface area contributed by atoms with Gasteiger partial charge in [-0.15, -0.1) is 0 Å². The molecule has 1 N–H and O–H groups in total. The van der Waals surface area contributed by atoms with Gasteiger partial charge in [0.05, 0.1) is 4.92 Å². The Bertz CT molecular complexity index is 594. The Morgan fingerprint density at radius 3 is 2.44 bits per heavy atom. The number of rotatable bonds is 3. The average Bonchev–Trinajstić information content (AvgIpc) is 2.38. The highest BCUT2D eigenvalue weighted by Gasteiger charge is 2.12. The Balaban J connectivity index is 2.28. The molecule has 0 radical (unpaired) electrons. The van der Waals surface area contributed by atoms with Crippen LogP contribution in [-0.2, 0) is 0 Å². The number of hydrogen-bond donors (Lipinski definition) is 1. The number of benzene rings is 1. The molecular weight excluding hydrogens is 232 g/mol. The molecule has 0 aliphatic carbocycles. The molecule has 0 saturated carbocycles. The van der Waals surface area contributed by atoms with Gasteiger partial charge in [-0.1, -0.05) is 18.2 Å². The fourth-order valence-corrected chi connectivity index (χ4v) is 1.46. The van der Waals surface area contributed by atoms with Crippen LogP contribution in [0.4, 0.5) is 5.69 Å². The van der Waals surface area contributed by atoms with Gasteiger partial charge in [0.15, 0.2) is 5.75 Å². The number of pyridine rings is 1. The SMILES string of the molecule is O=[N+]([O-])c1cc(/C=C/c2ccncc2)ccc1O. The maximum Gasteiger partial charge on any atom is 0.311 e. The number of aromatic nitrogens is 1. The lowest BCUT2D eigenvalue weighted by atomic mass is 10.1. The zero-order chi connectivity index (χ0) is 13.0. The predicted molar refractivity (Wildman–Crippen MR) is 67.9 cm³/mol. The Kier molecular flexibility index (Phi) is 3.33. The number of hydrogen-bond acceptors (Lipinski definition) is 4. The van der Waals surface area contributed by atoms with Gasteiger partial charge in [0.1, 0.15) is 0 Å². The van der Waals surface area contributed by atoms with Crippen LogP contribution in [0.1, 0.15) is 11.1 Å². The number of phenols is 1. The third kappa shape index (κ3) is 2.70. The van der Waals surface area contributed by atoms with Crippen molar-refractivity contribution in [1.29, 1.82) is 0 Å². The standard InChI is InChI=1S/C13H10N2O3/c16-13-4-3-11(9-12(13)15(17)18)2-1-10-5-7-14-8-6-10/h1-9,16H/b2-1+. The van der Waals surface area contributed by atoms with Crippen molar-refractivity contribution in [2.75, 3.05) is 0 Å². The number of nitro groups is 1. The van der Waals surface area contributed by atoms with Gasteiger partial charge >= 0.3 is 5.69 Å². The third-order valence-electron chi connectivity index (χ3n) is 2.37. The smallest absolute Gasteiger partial charge is 0.311 e. The summed E-state index contributed by atoms with van der Waals surface area (Å²) in [5.74, 6) is -0.332. The second-order valence-corrected chi connectivity index (χ2v) is 3.62. The summed E-state index contributed by atoms with van der Waals surface area (Å²) in [4.78, 5) is 13.9. The molecule has 0 amide bonds. The molecule has 5 heteroatoms. The van der Waals surface area contributed by atoms with Crippen LogP contribution in [0.25, 0.3) is 12.2 Å². The summed E-state index contributed by atoms with van der Waals surface area (Å²) in [5.41, 5.74) is 1.30. The van der Waals surface area contributed by atoms with Crippen LogP contribution in [0.5, 0.6) is 5.75 Å². The molecule has 0 aliphatic heterocycles. The number of aromatic hydroxyl groups is 1. The largest absolute Gasteiger partial charge is 0.502 e. The average molecular weight is 242 g/mol. The molecule has 0 spiro atoms. The Morgan fingerprint density at radius 1 is 1.11 bits per heavy atom. The first kappa shape index (κ1) is 11.8. The molecule has 90 valence electrons. The van der Waals surface area contributed by atoms with Crippen LogP contribution in [-0.4, -0.2) is 15.0 Å². The van der Waals surface area contributed by atoms with E-state index in [2.05, 4.69) is 4.98 Å². The third-order valence-corrected chi connectivity index (χ3v) is 2.37. The van der Waals surface area contributed by atoms with Gasteiger partial charge in [-0.2, -0.15) is 0 Å². The second-order valence-electron chi connectivity index (χ2n) is 3.62. The lowest BCUT2D eigenvalue weighted by Gasteiger charge is -1.97. The summed E-state index contributed by atoms with van der Waals surface area (Å²) >= 11 is 0. The summed E-state index contributed by atoms with van der Waals surface area (Å²) in [6.07, 6.45) is 6.89. The normalized spacial score (nSPS) is 10.7. The van der Waals surface area contributed by atoms with Crippen molar-refractivity contribution in [2.45, 2.75) is 0 Å². The van der Waals surface area contributed by atoms with E-state index in [4.69, 9.17) is 0 Å². The zero-order valence-electron chi connectivity index (χ0n) is 9.35. The molecule has 1 heterocycles. The van der Waals surface area contributed by atoms with Crippen LogP contribution in [0.2, 0.25) is 0 Å². The molecule has 1 aromatic heterocycles. The fourth-order valence-electron chi connectivity index (χ4n) is 1.46. The lowest BCUT2D eigenvalue weighted by Crippen LogP contribution is -1.88. The van der Waals surface area contributed by atoms with Crippen LogP contribution in [0.3, 0.4) is 0 Å². The molecule has 5 nitrogen and oxygen atoms in total. The summed E-state index contributed by atoms with van der Waals surface area (Å²) < 4.78 is 0. The summed E-state index contributed by atoms with van der Waals surface area (Å²) in [5, 5.41) is 20.0. The maximum atomic E-state index is 10.7. The van der Waals surface area contributed by atoms with Gasteiger partial charge in [-0.25, -0.2) is 0 Å². The summed E-state index contributed by atoms with van der Waals surface area (Å²) in [7, 11) is 0. The van der Waals surface area contributed by atoms with E-state index in [1.54, 1.807) is 24.5 Å². The van der Waals surface area contributed by atoms with Gasteiger partial charge in [0.2, 0.25) is 0 Å². The van der Waals surface area contributed by atoms with E-state index in [0.29, 0.717) is 5.56 Å². The molecule has 0 bridgehead atoms. The molecule has 2 aromatic rings. The molecule has 18 heavy (non-hydrogen) atoms. The van der Waals surface area contributed by atoms with Gasteiger partial charge in [0.25, 0.3) is 0 Å². The second kappa shape index (κ2) is 5.09. The minimum absolute atomic E-state index is 0.299. The Morgan fingerprint density at radius 2 is 1.78 bits per heavy atom. The molecule has 0 fully saturated rings. The Labute approximate surface area is 103 Å². The highest BCUT2D eigenvalue weighted by Crippen LogP contribution is 2.26. The Hall–Kier alpha value is -2.69. The maximum absolute atomic E-state index is 10.7. The summed E-state index contributed by atoms with van der Waals surface area (Å²) in [6, 6.07) is 7.90. The molecule has 0 atom stereocenters. The molecule has 1 aromatic carbocycles. The van der Waals surface area contributed by atoms with Gasteiger partial charge in [-0.05, 0) is 29.3 Å². The van der Waals surface area contributed by atoms with Crippen molar-refractivity contribution in [1.82, 2.24) is 4.98 Å². The van der Waals surface area contributed by atoms with Crippen molar-refractivity contribution in [3.8, 4) is 5.75 Å². The molecule has 0 aliphatic rings. The fraction of sp³-hybridized carbons (Fsp3) is 0. The first-order valence-corrected chi connectivity index (χ1v) is 5.22. The summed E-state index contributed by atoms with van der Waals surface area (Å²) in [6.45, 7) is 0. The van der Waals surface area contributed by atoms with E-state index >= 15 is 0 Å². The number of phenolic OH excluding ortho intramolecular Hbond substituents is 1. The monoisotopic (exact) mass is 242 g/mol. The van der Waals surface area contributed by atoms with Gasteiger partial charge < -0.3 is 5.11 Å². The van der Waals surface area contributed by atoms with E-state index < -0.39 is 4.92 Å². The van der Waals surface area contributed by atoms with E-state index in [1.165, 1.54) is 12.1 Å². The van der Waals surface area contributed by atoms with Crippen molar-refractivity contribution in [2.24, 2.45) is 0 Å². The molecular formula is C13H10N2O3. The minimum Gasteiger partial charge on any atom is -0.502 e. The quantitative estimate of drug-likeness (QED) is 0.663. The minimum atomic E-state index is -0.612. The van der Waals surface area contributed by atoms with Gasteiger partial charge in [0, 0.05) is 18.5 Å². The molecule has 0 saturated heterocycles. The molecule has 2 rings (SSSR count). The highest BCUT2D eigenvalue weighted by molar-refractivity contribution is 5.71. The van der Waals surface area contributed by atoms with Crippen molar-refractivity contribution < 1.29 is 10.0 Å². The van der Waals surface area contributed by atoms with Crippen LogP contribution >= 0.6 is 0 Å². The number of nitrogens with zero attached hydrogens (tertiary/aromatic N) is 2. The van der Waals surface area contributed by atoms with E-state index in [-0.39, 0.29) is 11.4 Å². The van der Waals surface area contributed by atoms with Crippen molar-refractivity contribution in [3.05, 3.63) is 64.0 Å². The topological polar surface area (TPSA) is 76.3 Å². The van der Waals surface area contributed by atoms with E-state index in [0.717, 1.165) is 5.56 Å². The highest BCUT2D eigenvalue weighted by atomic mass is 16.6. The van der Waals surface area contributed by atoms with Crippen LogP contribution in [0, 0.1) is 10.1 Å². The zero-order valence-corrected chi connectivity index (χ0v) is 9.35.